The number of halogens is 1. The van der Waals surface area contributed by atoms with Gasteiger partial charge in [-0.05, 0) is 37.3 Å². The molecule has 1 unspecified atom stereocenters. The first kappa shape index (κ1) is 23.2. The third-order valence-corrected chi connectivity index (χ3v) is 4.39. The first-order chi connectivity index (χ1) is 14.3. The summed E-state index contributed by atoms with van der Waals surface area (Å²) < 4.78 is 0. The number of nitrogens with zero attached hydrogens (tertiary/aromatic N) is 4. The van der Waals surface area contributed by atoms with Crippen LogP contribution in [-0.4, -0.2) is 53.4 Å². The molecule has 0 fully saturated rings. The number of amides is 1. The fourth-order valence-electron chi connectivity index (χ4n) is 2.44. The zero-order chi connectivity index (χ0) is 22.1. The maximum atomic E-state index is 12.0. The van der Waals surface area contributed by atoms with Crippen molar-refractivity contribution >= 4 is 40.3 Å². The molecule has 0 aliphatic rings. The molecule has 11 heteroatoms. The predicted molar refractivity (Wildman–Crippen MR) is 113 cm³/mol. The summed E-state index contributed by atoms with van der Waals surface area (Å²) in [6.07, 6.45) is -0.988. The van der Waals surface area contributed by atoms with Gasteiger partial charge in [0.25, 0.3) is 5.69 Å². The number of azo groups is 1. The van der Waals surface area contributed by atoms with E-state index in [0.717, 1.165) is 5.69 Å². The van der Waals surface area contributed by atoms with Crippen LogP contribution in [0.2, 0.25) is 5.02 Å². The summed E-state index contributed by atoms with van der Waals surface area (Å²) in [6.45, 7) is 2.14. The van der Waals surface area contributed by atoms with E-state index in [-0.39, 0.29) is 29.7 Å². The number of hydrogen-bond acceptors (Lipinski definition) is 8. The van der Waals surface area contributed by atoms with Crippen LogP contribution in [-0.2, 0) is 4.79 Å². The van der Waals surface area contributed by atoms with E-state index in [2.05, 4.69) is 15.5 Å². The van der Waals surface area contributed by atoms with Gasteiger partial charge in [0.1, 0.15) is 5.69 Å². The van der Waals surface area contributed by atoms with Crippen molar-refractivity contribution in [3.8, 4) is 0 Å². The number of rotatable bonds is 10. The first-order valence-corrected chi connectivity index (χ1v) is 9.48. The minimum absolute atomic E-state index is 0.0165. The summed E-state index contributed by atoms with van der Waals surface area (Å²) >= 11 is 6.00. The average molecular weight is 436 g/mol. The van der Waals surface area contributed by atoms with Crippen LogP contribution < -0.4 is 10.2 Å². The molecular formula is C19H22ClN5O5. The molecule has 0 radical (unpaired) electrons. The van der Waals surface area contributed by atoms with Gasteiger partial charge in [0.05, 0.1) is 34.9 Å². The van der Waals surface area contributed by atoms with Gasteiger partial charge in [0.15, 0.2) is 0 Å². The summed E-state index contributed by atoms with van der Waals surface area (Å²) in [5, 5.41) is 39.6. The molecule has 1 amide bonds. The van der Waals surface area contributed by atoms with Crippen LogP contribution in [0.25, 0.3) is 0 Å². The van der Waals surface area contributed by atoms with Gasteiger partial charge >= 0.3 is 0 Å². The third kappa shape index (κ3) is 6.76. The van der Waals surface area contributed by atoms with Crippen LogP contribution in [0.15, 0.2) is 52.7 Å². The molecule has 0 bridgehead atoms. The highest BCUT2D eigenvalue weighted by Gasteiger charge is 2.12. The number of likely N-dealkylation sites (N-methyl/N-ethyl adjacent to an activating group) is 1. The van der Waals surface area contributed by atoms with Crippen molar-refractivity contribution in [3.05, 3.63) is 57.6 Å². The van der Waals surface area contributed by atoms with E-state index >= 15 is 0 Å². The lowest BCUT2D eigenvalue weighted by Gasteiger charge is -2.22. The average Bonchev–Trinajstić information content (AvgIpc) is 2.75. The number of carbonyl (C=O) groups excluding carboxylic acids is 1. The molecular weight excluding hydrogens is 414 g/mol. The Morgan fingerprint density at radius 3 is 2.53 bits per heavy atom. The molecule has 160 valence electrons. The Balaban J connectivity index is 2.01. The molecule has 2 aromatic carbocycles. The maximum Gasteiger partial charge on any atom is 0.271 e. The van der Waals surface area contributed by atoms with E-state index < -0.39 is 17.6 Å². The van der Waals surface area contributed by atoms with E-state index in [1.165, 1.54) is 18.2 Å². The number of nitro benzene ring substituents is 1. The fourth-order valence-corrected chi connectivity index (χ4v) is 2.66. The zero-order valence-electron chi connectivity index (χ0n) is 16.2. The second-order valence-electron chi connectivity index (χ2n) is 6.26. The van der Waals surface area contributed by atoms with E-state index in [0.29, 0.717) is 17.9 Å². The lowest BCUT2D eigenvalue weighted by Crippen LogP contribution is -2.41. The quantitative estimate of drug-likeness (QED) is 0.297. The molecule has 0 spiro atoms. The maximum absolute atomic E-state index is 12.0. The normalized spacial score (nSPS) is 12.0. The number of benzene rings is 2. The van der Waals surface area contributed by atoms with Gasteiger partial charge in [0, 0.05) is 30.9 Å². The number of non-ortho nitro benzene ring substituents is 1. The second-order valence-corrected chi connectivity index (χ2v) is 6.67. The van der Waals surface area contributed by atoms with Gasteiger partial charge in [-0.25, -0.2) is 0 Å². The smallest absolute Gasteiger partial charge is 0.271 e. The number of aliphatic hydroxyl groups excluding tert-OH is 2. The summed E-state index contributed by atoms with van der Waals surface area (Å²) in [5.41, 5.74) is 1.52. The monoisotopic (exact) mass is 435 g/mol. The number of anilines is 1. The molecule has 30 heavy (non-hydrogen) atoms. The van der Waals surface area contributed by atoms with Crippen molar-refractivity contribution < 1.29 is 19.9 Å². The highest BCUT2D eigenvalue weighted by Crippen LogP contribution is 2.30. The number of carbonyl (C=O) groups is 1. The lowest BCUT2D eigenvalue weighted by molar-refractivity contribution is -0.384. The molecule has 2 rings (SSSR count). The van der Waals surface area contributed by atoms with Gasteiger partial charge in [-0.2, -0.15) is 5.11 Å². The van der Waals surface area contributed by atoms with Gasteiger partial charge < -0.3 is 20.4 Å². The summed E-state index contributed by atoms with van der Waals surface area (Å²) in [5.74, 6) is -0.277. The van der Waals surface area contributed by atoms with Crippen molar-refractivity contribution in [2.45, 2.75) is 13.0 Å². The second kappa shape index (κ2) is 11.2. The highest BCUT2D eigenvalue weighted by molar-refractivity contribution is 6.33. The first-order valence-electron chi connectivity index (χ1n) is 9.10. The summed E-state index contributed by atoms with van der Waals surface area (Å²) in [6, 6.07) is 10.9. The van der Waals surface area contributed by atoms with Crippen LogP contribution in [0.4, 0.5) is 22.7 Å². The summed E-state index contributed by atoms with van der Waals surface area (Å²) in [7, 11) is 0. The van der Waals surface area contributed by atoms with Crippen LogP contribution >= 0.6 is 11.6 Å². The lowest BCUT2D eigenvalue weighted by atomic mass is 10.2. The minimum atomic E-state index is -0.988. The Morgan fingerprint density at radius 2 is 1.97 bits per heavy atom. The summed E-state index contributed by atoms with van der Waals surface area (Å²) in [4.78, 5) is 24.0. The Labute approximate surface area is 178 Å². The standard InChI is InChI=1S/C19H22ClN5O5/c1-2-24(11-19(28)21-10-16(27)12-26)14-5-3-13(4-6-14)22-23-18-8-7-15(25(29)30)9-17(18)20/h3-9,16,26-27H,2,10-12H2,1H3,(H,21,28). The van der Waals surface area contributed by atoms with E-state index in [1.807, 2.05) is 11.8 Å². The van der Waals surface area contributed by atoms with Crippen molar-refractivity contribution in [3.63, 3.8) is 0 Å². The van der Waals surface area contributed by atoms with Crippen molar-refractivity contribution in [2.24, 2.45) is 10.2 Å². The van der Waals surface area contributed by atoms with E-state index in [1.54, 1.807) is 24.3 Å². The molecule has 10 nitrogen and oxygen atoms in total. The van der Waals surface area contributed by atoms with Gasteiger partial charge in [-0.1, -0.05) is 11.6 Å². The number of nitrogens with one attached hydrogen (secondary N) is 1. The molecule has 0 aromatic heterocycles. The van der Waals surface area contributed by atoms with Crippen molar-refractivity contribution in [2.75, 3.05) is 31.1 Å². The van der Waals surface area contributed by atoms with Crippen molar-refractivity contribution in [1.82, 2.24) is 5.32 Å². The minimum Gasteiger partial charge on any atom is -0.394 e. The van der Waals surface area contributed by atoms with Crippen LogP contribution in [0.3, 0.4) is 0 Å². The predicted octanol–water partition coefficient (Wildman–Crippen LogP) is 2.96. The highest BCUT2D eigenvalue weighted by atomic mass is 35.5. The Bertz CT molecular complexity index is 907. The number of hydrogen-bond donors (Lipinski definition) is 3. The Morgan fingerprint density at radius 1 is 1.27 bits per heavy atom. The van der Waals surface area contributed by atoms with E-state index in [4.69, 9.17) is 16.7 Å². The number of nitro groups is 1. The molecule has 0 aliphatic heterocycles. The molecule has 0 saturated heterocycles. The fraction of sp³-hybridized carbons (Fsp3) is 0.316. The van der Waals surface area contributed by atoms with Gasteiger partial charge in [-0.3, -0.25) is 14.9 Å². The van der Waals surface area contributed by atoms with E-state index in [9.17, 15) is 20.0 Å². The van der Waals surface area contributed by atoms with Crippen molar-refractivity contribution in [1.29, 1.82) is 0 Å². The molecule has 0 heterocycles. The molecule has 3 N–H and O–H groups in total. The molecule has 0 aliphatic carbocycles. The molecule has 2 aromatic rings. The van der Waals surface area contributed by atoms with Crippen LogP contribution in [0.1, 0.15) is 6.92 Å². The molecule has 1 atom stereocenters. The zero-order valence-corrected chi connectivity index (χ0v) is 17.0. The van der Waals surface area contributed by atoms with Crippen LogP contribution in [0.5, 0.6) is 0 Å². The number of aliphatic hydroxyl groups is 2. The Hall–Kier alpha value is -3.08. The Kier molecular flexibility index (Phi) is 8.66. The van der Waals surface area contributed by atoms with Gasteiger partial charge in [-0.15, -0.1) is 5.11 Å². The largest absolute Gasteiger partial charge is 0.394 e. The van der Waals surface area contributed by atoms with Crippen LogP contribution in [0, 0.1) is 10.1 Å². The third-order valence-electron chi connectivity index (χ3n) is 4.09. The topological polar surface area (TPSA) is 141 Å². The SMILES string of the molecule is CCN(CC(=O)NCC(O)CO)c1ccc(N=Nc2ccc([N+](=O)[O-])cc2Cl)cc1. The van der Waals surface area contributed by atoms with Gasteiger partial charge in [0.2, 0.25) is 5.91 Å². The molecule has 0 saturated carbocycles.